The lowest BCUT2D eigenvalue weighted by molar-refractivity contribution is 0.0682. The summed E-state index contributed by atoms with van der Waals surface area (Å²) in [5, 5.41) is 2.04. The van der Waals surface area contributed by atoms with Crippen molar-refractivity contribution in [2.24, 2.45) is 0 Å². The minimum absolute atomic E-state index is 0.0334. The number of nitrogens with one attached hydrogen (secondary N) is 1. The third-order valence-corrected chi connectivity index (χ3v) is 4.46. The van der Waals surface area contributed by atoms with E-state index in [9.17, 15) is 4.79 Å². The van der Waals surface area contributed by atoms with Gasteiger partial charge in [-0.05, 0) is 48.6 Å². The minimum atomic E-state index is -0.0334. The van der Waals surface area contributed by atoms with Gasteiger partial charge < -0.3 is 0 Å². The Bertz CT molecular complexity index is 663. The van der Waals surface area contributed by atoms with Crippen LogP contribution in [0.2, 0.25) is 0 Å². The van der Waals surface area contributed by atoms with Crippen LogP contribution >= 0.6 is 0 Å². The lowest BCUT2D eigenvalue weighted by Gasteiger charge is -2.35. The smallest absolute Gasteiger partial charge is 0.265 e. The highest BCUT2D eigenvalue weighted by Crippen LogP contribution is 2.27. The lowest BCUT2D eigenvalue weighted by Crippen LogP contribution is -2.47. The van der Waals surface area contributed by atoms with Crippen molar-refractivity contribution in [1.29, 1.82) is 0 Å². The summed E-state index contributed by atoms with van der Waals surface area (Å²) in [5.41, 5.74) is 7.70. The second-order valence-corrected chi connectivity index (χ2v) is 5.81. The van der Waals surface area contributed by atoms with E-state index in [0.717, 1.165) is 19.4 Å². The molecule has 0 bridgehead atoms. The molecule has 0 fully saturated rings. The number of carbonyl (C=O) groups is 1. The fourth-order valence-corrected chi connectivity index (χ4v) is 3.01. The molecule has 1 unspecified atom stereocenters. The van der Waals surface area contributed by atoms with Gasteiger partial charge in [0.05, 0.1) is 6.04 Å². The van der Waals surface area contributed by atoms with Gasteiger partial charge in [-0.15, -0.1) is 0 Å². The number of carbonyl (C=O) groups excluding carboxylic acids is 1. The summed E-state index contributed by atoms with van der Waals surface area (Å²) < 4.78 is 0. The Kier molecular flexibility index (Phi) is 4.25. The molecule has 1 aliphatic heterocycles. The van der Waals surface area contributed by atoms with Crippen LogP contribution in [-0.4, -0.2) is 17.5 Å². The van der Waals surface area contributed by atoms with E-state index in [0.29, 0.717) is 5.56 Å². The molecule has 0 radical (unpaired) electrons. The third kappa shape index (κ3) is 2.90. The van der Waals surface area contributed by atoms with Crippen LogP contribution in [0.3, 0.4) is 0 Å². The molecule has 3 rings (SSSR count). The van der Waals surface area contributed by atoms with E-state index in [4.69, 9.17) is 0 Å². The largest absolute Gasteiger partial charge is 0.284 e. The molecule has 1 heterocycles. The molecule has 114 valence electrons. The van der Waals surface area contributed by atoms with Crippen molar-refractivity contribution < 1.29 is 4.79 Å². The third-order valence-electron chi connectivity index (χ3n) is 4.46. The van der Waals surface area contributed by atoms with Crippen LogP contribution in [0.5, 0.6) is 0 Å². The summed E-state index contributed by atoms with van der Waals surface area (Å²) in [6.07, 6.45) is 1.96. The van der Waals surface area contributed by atoms with E-state index in [1.807, 2.05) is 29.3 Å². The summed E-state index contributed by atoms with van der Waals surface area (Å²) in [4.78, 5) is 12.4. The van der Waals surface area contributed by atoms with Gasteiger partial charge in [0.2, 0.25) is 0 Å². The molecule has 3 heteroatoms. The van der Waals surface area contributed by atoms with Crippen molar-refractivity contribution >= 4 is 5.91 Å². The standard InChI is InChI=1S/C19H22N2O/c1-3-15-8-10-17(11-9-15)19(22)20-21-13-12-16-6-4-5-7-18(16)14(21)2/h4-11,14H,3,12-13H2,1-2H3,(H,20,22). The Morgan fingerprint density at radius 1 is 1.18 bits per heavy atom. The molecule has 0 saturated heterocycles. The van der Waals surface area contributed by atoms with Crippen LogP contribution in [0.25, 0.3) is 0 Å². The van der Waals surface area contributed by atoms with Crippen molar-refractivity contribution in [3.8, 4) is 0 Å². The number of aryl methyl sites for hydroxylation is 1. The number of benzene rings is 2. The fourth-order valence-electron chi connectivity index (χ4n) is 3.01. The molecule has 2 aromatic rings. The van der Waals surface area contributed by atoms with Gasteiger partial charge in [-0.2, -0.15) is 0 Å². The van der Waals surface area contributed by atoms with E-state index >= 15 is 0 Å². The number of fused-ring (bicyclic) bond motifs is 1. The molecule has 3 nitrogen and oxygen atoms in total. The van der Waals surface area contributed by atoms with E-state index in [-0.39, 0.29) is 11.9 Å². The van der Waals surface area contributed by atoms with Crippen LogP contribution < -0.4 is 5.43 Å². The van der Waals surface area contributed by atoms with Crippen LogP contribution in [0.1, 0.15) is 46.9 Å². The van der Waals surface area contributed by atoms with Crippen molar-refractivity contribution in [2.45, 2.75) is 32.7 Å². The van der Waals surface area contributed by atoms with E-state index < -0.39 is 0 Å². The number of amides is 1. The molecule has 0 aliphatic carbocycles. The van der Waals surface area contributed by atoms with E-state index in [1.165, 1.54) is 16.7 Å². The highest BCUT2D eigenvalue weighted by Gasteiger charge is 2.24. The van der Waals surface area contributed by atoms with Crippen molar-refractivity contribution in [2.75, 3.05) is 6.54 Å². The molecule has 0 aromatic heterocycles. The maximum Gasteiger partial charge on any atom is 0.265 e. The predicted molar refractivity (Wildman–Crippen MR) is 88.6 cm³/mol. The van der Waals surface area contributed by atoms with Gasteiger partial charge in [0, 0.05) is 12.1 Å². The maximum absolute atomic E-state index is 12.4. The van der Waals surface area contributed by atoms with Gasteiger partial charge in [0.1, 0.15) is 0 Å². The van der Waals surface area contributed by atoms with Gasteiger partial charge in [-0.3, -0.25) is 10.2 Å². The zero-order chi connectivity index (χ0) is 15.5. The summed E-state index contributed by atoms with van der Waals surface area (Å²) in [6, 6.07) is 16.5. The van der Waals surface area contributed by atoms with Crippen molar-refractivity contribution in [1.82, 2.24) is 10.4 Å². The molecule has 0 saturated carbocycles. The Morgan fingerprint density at radius 3 is 2.64 bits per heavy atom. The molecular formula is C19H22N2O. The molecular weight excluding hydrogens is 272 g/mol. The normalized spacial score (nSPS) is 17.8. The summed E-state index contributed by atoms with van der Waals surface area (Å²) in [5.74, 6) is -0.0334. The minimum Gasteiger partial charge on any atom is -0.284 e. The molecule has 0 spiro atoms. The van der Waals surface area contributed by atoms with E-state index in [2.05, 4.69) is 43.5 Å². The quantitative estimate of drug-likeness (QED) is 0.939. The van der Waals surface area contributed by atoms with Gasteiger partial charge in [0.15, 0.2) is 0 Å². The number of hydrogen-bond acceptors (Lipinski definition) is 2. The summed E-state index contributed by atoms with van der Waals surface area (Å²) in [7, 11) is 0. The zero-order valence-electron chi connectivity index (χ0n) is 13.2. The van der Waals surface area contributed by atoms with Crippen LogP contribution in [0.4, 0.5) is 0 Å². The maximum atomic E-state index is 12.4. The molecule has 1 atom stereocenters. The fraction of sp³-hybridized carbons (Fsp3) is 0.316. The monoisotopic (exact) mass is 294 g/mol. The van der Waals surface area contributed by atoms with Crippen LogP contribution in [0, 0.1) is 0 Å². The predicted octanol–water partition coefficient (Wildman–Crippen LogP) is 3.51. The average molecular weight is 294 g/mol. The van der Waals surface area contributed by atoms with Crippen molar-refractivity contribution in [3.05, 3.63) is 70.8 Å². The molecule has 1 aliphatic rings. The first-order chi connectivity index (χ1) is 10.7. The molecule has 2 aromatic carbocycles. The van der Waals surface area contributed by atoms with E-state index in [1.54, 1.807) is 0 Å². The second-order valence-electron chi connectivity index (χ2n) is 5.81. The second kappa shape index (κ2) is 6.32. The number of nitrogens with zero attached hydrogens (tertiary/aromatic N) is 1. The SMILES string of the molecule is CCc1ccc(C(=O)NN2CCc3ccccc3C2C)cc1. The number of hydrogen-bond donors (Lipinski definition) is 1. The van der Waals surface area contributed by atoms with Crippen LogP contribution in [0.15, 0.2) is 48.5 Å². The zero-order valence-corrected chi connectivity index (χ0v) is 13.2. The van der Waals surface area contributed by atoms with Gasteiger partial charge in [0.25, 0.3) is 5.91 Å². The van der Waals surface area contributed by atoms with Gasteiger partial charge >= 0.3 is 0 Å². The summed E-state index contributed by atoms with van der Waals surface area (Å²) in [6.45, 7) is 5.09. The first kappa shape index (κ1) is 14.8. The summed E-state index contributed by atoms with van der Waals surface area (Å²) >= 11 is 0. The molecule has 1 amide bonds. The number of hydrazine groups is 1. The Morgan fingerprint density at radius 2 is 1.91 bits per heavy atom. The molecule has 22 heavy (non-hydrogen) atoms. The Balaban J connectivity index is 1.72. The first-order valence-corrected chi connectivity index (χ1v) is 7.93. The number of rotatable bonds is 3. The van der Waals surface area contributed by atoms with Crippen molar-refractivity contribution in [3.63, 3.8) is 0 Å². The molecule has 1 N–H and O–H groups in total. The van der Waals surface area contributed by atoms with Gasteiger partial charge in [-0.25, -0.2) is 5.01 Å². The van der Waals surface area contributed by atoms with Crippen LogP contribution in [-0.2, 0) is 12.8 Å². The average Bonchev–Trinajstić information content (AvgIpc) is 2.57. The lowest BCUT2D eigenvalue weighted by atomic mass is 9.95. The Hall–Kier alpha value is -2.13. The topological polar surface area (TPSA) is 32.3 Å². The Labute approximate surface area is 131 Å². The highest BCUT2D eigenvalue weighted by molar-refractivity contribution is 5.93. The first-order valence-electron chi connectivity index (χ1n) is 7.93. The highest BCUT2D eigenvalue weighted by atomic mass is 16.2. The van der Waals surface area contributed by atoms with Gasteiger partial charge in [-0.1, -0.05) is 43.3 Å².